The Kier molecular flexibility index (Phi) is 6.25. The molecule has 3 aliphatic heterocycles. The van der Waals surface area contributed by atoms with E-state index in [1.807, 2.05) is 6.92 Å². The smallest absolute Gasteiger partial charge is 0.276 e. The van der Waals surface area contributed by atoms with Crippen LogP contribution in [0.2, 0.25) is 0 Å². The molecule has 36 heavy (non-hydrogen) atoms. The molecule has 2 aromatic rings. The zero-order valence-corrected chi connectivity index (χ0v) is 19.9. The number of benzene rings is 1. The van der Waals surface area contributed by atoms with Gasteiger partial charge in [-0.05, 0) is 49.9 Å². The van der Waals surface area contributed by atoms with Gasteiger partial charge >= 0.3 is 0 Å². The molecule has 4 heterocycles. The number of carbonyl (C=O) groups is 5. The summed E-state index contributed by atoms with van der Waals surface area (Å²) in [4.78, 5) is 64.8. The Morgan fingerprint density at radius 2 is 1.92 bits per heavy atom. The van der Waals surface area contributed by atoms with Crippen LogP contribution in [0.1, 0.15) is 59.0 Å². The van der Waals surface area contributed by atoms with E-state index in [0.29, 0.717) is 50.1 Å². The Morgan fingerprint density at radius 1 is 1.14 bits per heavy atom. The lowest BCUT2D eigenvalue weighted by atomic mass is 9.96. The molecule has 3 aliphatic rings. The lowest BCUT2D eigenvalue weighted by molar-refractivity contribution is -0.137. The normalized spacial score (nSPS) is 20.4. The number of nitrogens with zero attached hydrogens (tertiary/aromatic N) is 5. The zero-order valence-electron chi connectivity index (χ0n) is 19.9. The van der Waals surface area contributed by atoms with Gasteiger partial charge in [0, 0.05) is 44.1 Å². The van der Waals surface area contributed by atoms with E-state index in [2.05, 4.69) is 20.9 Å². The molecule has 12 nitrogen and oxygen atoms in total. The number of aromatic nitrogens is 3. The summed E-state index contributed by atoms with van der Waals surface area (Å²) in [5, 5.41) is 13.3. The molecule has 2 fully saturated rings. The van der Waals surface area contributed by atoms with Crippen LogP contribution >= 0.6 is 0 Å². The highest BCUT2D eigenvalue weighted by molar-refractivity contribution is 6.05. The molecular formula is C24H27N7O5. The molecule has 0 radical (unpaired) electrons. The van der Waals surface area contributed by atoms with Gasteiger partial charge in [-0.2, -0.15) is 0 Å². The van der Waals surface area contributed by atoms with E-state index in [-0.39, 0.29) is 48.2 Å². The van der Waals surface area contributed by atoms with Crippen molar-refractivity contribution in [3.63, 3.8) is 0 Å². The van der Waals surface area contributed by atoms with Gasteiger partial charge in [0.1, 0.15) is 6.04 Å². The maximum Gasteiger partial charge on any atom is 0.276 e. The van der Waals surface area contributed by atoms with Crippen LogP contribution in [-0.2, 0) is 20.9 Å². The van der Waals surface area contributed by atoms with Crippen molar-refractivity contribution >= 4 is 29.5 Å². The second-order valence-electron chi connectivity index (χ2n) is 9.25. The summed E-state index contributed by atoms with van der Waals surface area (Å²) >= 11 is 0. The summed E-state index contributed by atoms with van der Waals surface area (Å²) in [6, 6.07) is 4.50. The summed E-state index contributed by atoms with van der Waals surface area (Å²) in [6.07, 6.45) is 3.25. The average molecular weight is 494 g/mol. The Hall–Kier alpha value is -4.09. The van der Waals surface area contributed by atoms with Crippen LogP contribution in [-0.4, -0.2) is 80.0 Å². The first kappa shape index (κ1) is 23.6. The lowest BCUT2D eigenvalue weighted by Crippen LogP contribution is -2.52. The minimum absolute atomic E-state index is 0.0294. The van der Waals surface area contributed by atoms with Crippen LogP contribution < -0.4 is 10.6 Å². The SMILES string of the molecule is CCNC(=O)C1CCN(C(=O)c2cn(-c3ccc4c(c3)CN(C3CCC(=O)NC3=O)C4=O)nn2)CC1. The number of amides is 5. The predicted octanol–water partition coefficient (Wildman–Crippen LogP) is 0.0166. The van der Waals surface area contributed by atoms with Crippen molar-refractivity contribution in [2.45, 2.75) is 45.2 Å². The highest BCUT2D eigenvalue weighted by Crippen LogP contribution is 2.29. The first-order chi connectivity index (χ1) is 17.4. The van der Waals surface area contributed by atoms with Crippen molar-refractivity contribution in [3.8, 4) is 5.69 Å². The van der Waals surface area contributed by atoms with Gasteiger partial charge in [0.25, 0.3) is 11.8 Å². The van der Waals surface area contributed by atoms with Crippen molar-refractivity contribution in [3.05, 3.63) is 41.2 Å². The van der Waals surface area contributed by atoms with Gasteiger partial charge in [-0.15, -0.1) is 5.10 Å². The van der Waals surface area contributed by atoms with Gasteiger partial charge in [-0.1, -0.05) is 5.21 Å². The predicted molar refractivity (Wildman–Crippen MR) is 125 cm³/mol. The van der Waals surface area contributed by atoms with Crippen LogP contribution in [0.4, 0.5) is 0 Å². The monoisotopic (exact) mass is 493 g/mol. The largest absolute Gasteiger partial charge is 0.356 e. The molecule has 1 atom stereocenters. The third kappa shape index (κ3) is 4.34. The zero-order chi connectivity index (χ0) is 25.4. The number of hydrogen-bond donors (Lipinski definition) is 2. The van der Waals surface area contributed by atoms with Crippen molar-refractivity contribution in [2.75, 3.05) is 19.6 Å². The molecule has 0 saturated carbocycles. The van der Waals surface area contributed by atoms with E-state index >= 15 is 0 Å². The van der Waals surface area contributed by atoms with Gasteiger partial charge in [-0.25, -0.2) is 4.68 Å². The van der Waals surface area contributed by atoms with E-state index in [1.54, 1.807) is 29.3 Å². The standard InChI is InChI=1S/C24H27N7O5/c1-2-25-21(33)14-7-9-29(10-8-14)24(36)18-13-31(28-27-18)16-3-4-17-15(11-16)12-30(23(17)35)19-5-6-20(32)26-22(19)34/h3-4,11,13-14,19H,2,5-10,12H2,1H3,(H,25,33)(H,26,32,34). The molecule has 0 spiro atoms. The number of piperidine rings is 2. The van der Waals surface area contributed by atoms with Crippen LogP contribution in [0.3, 0.4) is 0 Å². The fourth-order valence-electron chi connectivity index (χ4n) is 5.02. The molecule has 1 aromatic heterocycles. The van der Waals surface area contributed by atoms with E-state index in [1.165, 1.54) is 9.58 Å². The molecule has 2 saturated heterocycles. The fourth-order valence-corrected chi connectivity index (χ4v) is 5.02. The lowest BCUT2D eigenvalue weighted by Gasteiger charge is -2.30. The summed E-state index contributed by atoms with van der Waals surface area (Å²) in [5.41, 5.74) is 2.06. The molecule has 1 aromatic carbocycles. The van der Waals surface area contributed by atoms with Crippen molar-refractivity contribution in [1.82, 2.24) is 35.4 Å². The summed E-state index contributed by atoms with van der Waals surface area (Å²) < 4.78 is 1.48. The summed E-state index contributed by atoms with van der Waals surface area (Å²) in [7, 11) is 0. The van der Waals surface area contributed by atoms with Crippen molar-refractivity contribution in [1.29, 1.82) is 0 Å². The Labute approximate surface area is 207 Å². The quantitative estimate of drug-likeness (QED) is 0.558. The number of nitrogens with one attached hydrogen (secondary N) is 2. The topological polar surface area (TPSA) is 147 Å². The van der Waals surface area contributed by atoms with Crippen LogP contribution in [0.5, 0.6) is 0 Å². The highest BCUT2D eigenvalue weighted by atomic mass is 16.2. The molecule has 0 aliphatic carbocycles. The van der Waals surface area contributed by atoms with E-state index in [0.717, 1.165) is 5.56 Å². The van der Waals surface area contributed by atoms with Gasteiger partial charge in [0.2, 0.25) is 17.7 Å². The Bertz CT molecular complexity index is 1250. The number of imide groups is 1. The second-order valence-corrected chi connectivity index (χ2v) is 9.25. The first-order valence-electron chi connectivity index (χ1n) is 12.1. The van der Waals surface area contributed by atoms with Gasteiger partial charge < -0.3 is 15.1 Å². The summed E-state index contributed by atoms with van der Waals surface area (Å²) in [5.74, 6) is -1.33. The third-order valence-corrected chi connectivity index (χ3v) is 6.99. The number of rotatable bonds is 5. The molecule has 1 unspecified atom stereocenters. The summed E-state index contributed by atoms with van der Waals surface area (Å²) in [6.45, 7) is 3.67. The molecule has 12 heteroatoms. The van der Waals surface area contributed by atoms with Crippen molar-refractivity contribution in [2.24, 2.45) is 5.92 Å². The maximum atomic E-state index is 12.9. The van der Waals surface area contributed by atoms with Crippen molar-refractivity contribution < 1.29 is 24.0 Å². The average Bonchev–Trinajstić information content (AvgIpc) is 3.49. The molecular weight excluding hydrogens is 466 g/mol. The van der Waals surface area contributed by atoms with Gasteiger partial charge in [0.15, 0.2) is 5.69 Å². The van der Waals surface area contributed by atoms with Crippen LogP contribution in [0.25, 0.3) is 5.69 Å². The number of likely N-dealkylation sites (tertiary alicyclic amines) is 1. The highest BCUT2D eigenvalue weighted by Gasteiger charge is 2.39. The number of carbonyl (C=O) groups excluding carboxylic acids is 5. The Balaban J connectivity index is 1.26. The van der Waals surface area contributed by atoms with E-state index in [9.17, 15) is 24.0 Å². The molecule has 5 amide bonds. The number of fused-ring (bicyclic) bond motifs is 1. The first-order valence-corrected chi connectivity index (χ1v) is 12.1. The van der Waals surface area contributed by atoms with Crippen LogP contribution in [0, 0.1) is 5.92 Å². The maximum absolute atomic E-state index is 12.9. The van der Waals surface area contributed by atoms with E-state index < -0.39 is 11.9 Å². The minimum Gasteiger partial charge on any atom is -0.356 e. The van der Waals surface area contributed by atoms with E-state index in [4.69, 9.17) is 0 Å². The molecule has 5 rings (SSSR count). The fraction of sp³-hybridized carbons (Fsp3) is 0.458. The molecule has 0 bridgehead atoms. The molecule has 2 N–H and O–H groups in total. The van der Waals surface area contributed by atoms with Gasteiger partial charge in [-0.3, -0.25) is 29.3 Å². The molecule has 188 valence electrons. The minimum atomic E-state index is -0.682. The Morgan fingerprint density at radius 3 is 2.64 bits per heavy atom. The van der Waals surface area contributed by atoms with Gasteiger partial charge in [0.05, 0.1) is 11.9 Å². The number of hydrogen-bond acceptors (Lipinski definition) is 7. The van der Waals surface area contributed by atoms with Crippen LogP contribution in [0.15, 0.2) is 24.4 Å². The second kappa shape index (κ2) is 9.51. The third-order valence-electron chi connectivity index (χ3n) is 6.99.